The van der Waals surface area contributed by atoms with Crippen LogP contribution in [0.1, 0.15) is 71.7 Å². The summed E-state index contributed by atoms with van der Waals surface area (Å²) in [5, 5.41) is 19.0. The predicted octanol–water partition coefficient (Wildman–Crippen LogP) is 2.83. The number of hydrogen-bond donors (Lipinski definition) is 3. The van der Waals surface area contributed by atoms with Crippen LogP contribution in [0.2, 0.25) is 0 Å². The van der Waals surface area contributed by atoms with Gasteiger partial charge < -0.3 is 21.1 Å². The molecule has 0 aliphatic carbocycles. The lowest BCUT2D eigenvalue weighted by Crippen LogP contribution is -2.57. The third kappa shape index (κ3) is 5.98. The van der Waals surface area contributed by atoms with E-state index >= 15 is 0 Å². The monoisotopic (exact) mass is 447 g/mol. The number of carbonyl (C=O) groups excluding carboxylic acids is 3. The second-order valence-corrected chi connectivity index (χ2v) is 10.4. The van der Waals surface area contributed by atoms with Gasteiger partial charge in [-0.25, -0.2) is 4.79 Å². The van der Waals surface area contributed by atoms with E-state index in [1.54, 1.807) is 58.9 Å². The average molecular weight is 448 g/mol. The normalized spacial score (nSPS) is 20.9. The second-order valence-electron chi connectivity index (χ2n) is 10.4. The molecule has 2 amide bonds. The summed E-state index contributed by atoms with van der Waals surface area (Å²) in [5.74, 6) is -0.960. The number of nitrogens with one attached hydrogen (secondary N) is 2. The molecule has 0 spiro atoms. The Hall–Kier alpha value is -2.65. The highest BCUT2D eigenvalue weighted by Crippen LogP contribution is 2.39. The molecule has 32 heavy (non-hydrogen) atoms. The molecule has 2 atom stereocenters. The van der Waals surface area contributed by atoms with Crippen molar-refractivity contribution in [3.8, 4) is 0 Å². The predicted molar refractivity (Wildman–Crippen MR) is 120 cm³/mol. The number of hydroxylamine groups is 2. The zero-order valence-electron chi connectivity index (χ0n) is 19.9. The second kappa shape index (κ2) is 9.07. The number of nitrogens with two attached hydrogens (primary N) is 1. The Bertz CT molecular complexity index is 875. The molecule has 1 aliphatic rings. The number of amides is 2. The van der Waals surface area contributed by atoms with Crippen molar-refractivity contribution >= 4 is 23.5 Å². The minimum absolute atomic E-state index is 0.268. The summed E-state index contributed by atoms with van der Waals surface area (Å²) in [4.78, 5) is 38.4. The number of hydrogen-bond acceptors (Lipinski definition) is 6. The molecule has 1 aliphatic heterocycles. The number of carbonyl (C=O) groups is 3. The van der Waals surface area contributed by atoms with E-state index in [-0.39, 0.29) is 17.7 Å². The van der Waals surface area contributed by atoms with Gasteiger partial charge in [-0.05, 0) is 67.0 Å². The van der Waals surface area contributed by atoms with Crippen molar-refractivity contribution in [3.63, 3.8) is 0 Å². The molecule has 9 nitrogen and oxygen atoms in total. The van der Waals surface area contributed by atoms with E-state index < -0.39 is 46.5 Å². The molecule has 0 bridgehead atoms. The van der Waals surface area contributed by atoms with Gasteiger partial charge in [0.2, 0.25) is 5.91 Å². The first-order valence-corrected chi connectivity index (χ1v) is 10.7. The van der Waals surface area contributed by atoms with E-state index in [9.17, 15) is 19.6 Å². The Morgan fingerprint density at radius 1 is 1.19 bits per heavy atom. The number of ether oxygens (including phenoxy) is 1. The van der Waals surface area contributed by atoms with Gasteiger partial charge >= 0.3 is 6.09 Å². The SMILES string of the molecule is CC(C)(C)OC(=O)NC(CC(=O)c1ccccc1N)C(=O)NC1CC(C)(C)N([O])C1(C)C. The van der Waals surface area contributed by atoms with Crippen LogP contribution in [0, 0.1) is 0 Å². The maximum atomic E-state index is 13.2. The zero-order valence-corrected chi connectivity index (χ0v) is 19.9. The standard InChI is InChI=1S/C23H35N4O5/c1-21(2,3)32-20(30)25-16(12-17(28)14-10-8-9-11-15(14)24)19(29)26-18-13-22(4,5)27(31)23(18,6)7/h8-11,16,18H,12-13,24H2,1-7H3,(H,25,30)(H,26,29). The fraction of sp³-hybridized carbons (Fsp3) is 0.609. The summed E-state index contributed by atoms with van der Waals surface area (Å²) in [6.07, 6.45) is -0.701. The fourth-order valence-corrected chi connectivity index (χ4v) is 3.96. The Morgan fingerprint density at radius 2 is 1.78 bits per heavy atom. The summed E-state index contributed by atoms with van der Waals surface area (Å²) in [6, 6.07) is 4.87. The molecule has 1 saturated heterocycles. The van der Waals surface area contributed by atoms with Crippen molar-refractivity contribution in [2.45, 2.75) is 90.1 Å². The minimum Gasteiger partial charge on any atom is -0.444 e. The smallest absolute Gasteiger partial charge is 0.408 e. The Balaban J connectivity index is 2.23. The van der Waals surface area contributed by atoms with Crippen LogP contribution in [0.5, 0.6) is 0 Å². The highest BCUT2D eigenvalue weighted by Gasteiger charge is 2.53. The number of nitrogens with zero attached hydrogens (tertiary/aromatic N) is 1. The van der Waals surface area contributed by atoms with Gasteiger partial charge in [0, 0.05) is 23.2 Å². The van der Waals surface area contributed by atoms with E-state index in [2.05, 4.69) is 10.6 Å². The fourth-order valence-electron chi connectivity index (χ4n) is 3.96. The molecule has 2 unspecified atom stereocenters. The molecule has 1 aromatic carbocycles. The summed E-state index contributed by atoms with van der Waals surface area (Å²) in [5.41, 5.74) is 4.15. The number of Topliss-reactive ketones (excluding diaryl/α,β-unsaturated/α-hetero) is 1. The molecule has 1 heterocycles. The number of rotatable bonds is 6. The third-order valence-corrected chi connectivity index (χ3v) is 5.60. The third-order valence-electron chi connectivity index (χ3n) is 5.60. The van der Waals surface area contributed by atoms with E-state index in [4.69, 9.17) is 10.5 Å². The number of ketones is 1. The molecule has 1 aromatic rings. The quantitative estimate of drug-likeness (QED) is 0.453. The highest BCUT2D eigenvalue weighted by molar-refractivity contribution is 6.03. The average Bonchev–Trinajstić information content (AvgIpc) is 2.79. The van der Waals surface area contributed by atoms with Crippen LogP contribution < -0.4 is 16.4 Å². The van der Waals surface area contributed by atoms with Crippen molar-refractivity contribution in [3.05, 3.63) is 29.8 Å². The summed E-state index contributed by atoms with van der Waals surface area (Å²) >= 11 is 0. The van der Waals surface area contributed by atoms with Crippen LogP contribution in [-0.4, -0.2) is 51.6 Å². The Kier molecular flexibility index (Phi) is 7.26. The van der Waals surface area contributed by atoms with Gasteiger partial charge in [-0.2, -0.15) is 0 Å². The lowest BCUT2D eigenvalue weighted by molar-refractivity contribution is -0.246. The first kappa shape index (κ1) is 25.6. The lowest BCUT2D eigenvalue weighted by Gasteiger charge is -2.34. The molecular formula is C23H35N4O5. The van der Waals surface area contributed by atoms with Crippen LogP contribution in [0.25, 0.3) is 0 Å². The Labute approximate surface area is 189 Å². The lowest BCUT2D eigenvalue weighted by atomic mass is 9.93. The van der Waals surface area contributed by atoms with Crippen LogP contribution in [0.3, 0.4) is 0 Å². The van der Waals surface area contributed by atoms with Crippen molar-refractivity contribution in [1.82, 2.24) is 15.7 Å². The number of anilines is 1. The molecule has 4 N–H and O–H groups in total. The van der Waals surface area contributed by atoms with Crippen molar-refractivity contribution in [2.24, 2.45) is 0 Å². The molecule has 2 rings (SSSR count). The Morgan fingerprint density at radius 3 is 2.28 bits per heavy atom. The van der Waals surface area contributed by atoms with Gasteiger partial charge in [0.1, 0.15) is 11.6 Å². The van der Waals surface area contributed by atoms with Crippen molar-refractivity contribution in [2.75, 3.05) is 5.73 Å². The molecule has 0 aromatic heterocycles. The van der Waals surface area contributed by atoms with Crippen LogP contribution in [0.4, 0.5) is 10.5 Å². The van der Waals surface area contributed by atoms with E-state index in [1.165, 1.54) is 0 Å². The van der Waals surface area contributed by atoms with Gasteiger partial charge in [0.15, 0.2) is 5.78 Å². The molecule has 1 radical (unpaired) electrons. The first-order chi connectivity index (χ1) is 14.5. The largest absolute Gasteiger partial charge is 0.444 e. The van der Waals surface area contributed by atoms with Gasteiger partial charge in [-0.3, -0.25) is 9.59 Å². The van der Waals surface area contributed by atoms with E-state index in [0.717, 1.165) is 5.06 Å². The van der Waals surface area contributed by atoms with E-state index in [1.807, 2.05) is 13.8 Å². The molecule has 9 heteroatoms. The summed E-state index contributed by atoms with van der Waals surface area (Å²) in [7, 11) is 0. The molecule has 1 fully saturated rings. The maximum absolute atomic E-state index is 13.2. The van der Waals surface area contributed by atoms with Crippen LogP contribution in [-0.2, 0) is 14.7 Å². The number of alkyl carbamates (subject to hydrolysis) is 1. The molecule has 0 saturated carbocycles. The molecule has 177 valence electrons. The summed E-state index contributed by atoms with van der Waals surface area (Å²) < 4.78 is 5.27. The van der Waals surface area contributed by atoms with Crippen LogP contribution in [0.15, 0.2) is 24.3 Å². The minimum atomic E-state index is -1.20. The van der Waals surface area contributed by atoms with Gasteiger partial charge in [0.25, 0.3) is 0 Å². The number of nitrogen functional groups attached to an aromatic ring is 1. The van der Waals surface area contributed by atoms with Gasteiger partial charge in [0.05, 0.1) is 11.6 Å². The van der Waals surface area contributed by atoms with E-state index in [0.29, 0.717) is 6.42 Å². The highest BCUT2D eigenvalue weighted by atomic mass is 16.6. The van der Waals surface area contributed by atoms with Gasteiger partial charge in [-0.1, -0.05) is 12.1 Å². The number of benzene rings is 1. The van der Waals surface area contributed by atoms with Crippen LogP contribution >= 0.6 is 0 Å². The zero-order chi connectivity index (χ0) is 24.5. The molecular weight excluding hydrogens is 412 g/mol. The van der Waals surface area contributed by atoms with Gasteiger partial charge in [-0.15, -0.1) is 10.3 Å². The summed E-state index contributed by atoms with van der Waals surface area (Å²) in [6.45, 7) is 12.2. The number of para-hydroxylation sites is 1. The van der Waals surface area contributed by atoms with Crippen molar-refractivity contribution in [1.29, 1.82) is 0 Å². The van der Waals surface area contributed by atoms with Crippen molar-refractivity contribution < 1.29 is 24.3 Å². The topological polar surface area (TPSA) is 134 Å². The first-order valence-electron chi connectivity index (χ1n) is 10.7. The maximum Gasteiger partial charge on any atom is 0.408 e.